The van der Waals surface area contributed by atoms with Gasteiger partial charge in [-0.2, -0.15) is 0 Å². The average molecular weight is 449 g/mol. The average Bonchev–Trinajstić information content (AvgIpc) is 2.95. The molecule has 142 valence electrons. The van der Waals surface area contributed by atoms with Gasteiger partial charge in [-0.3, -0.25) is 14.2 Å². The Kier molecular flexibility index (Phi) is 5.81. The smallest absolute Gasteiger partial charge is 0.305 e. The topological polar surface area (TPSA) is 61.2 Å². The van der Waals surface area contributed by atoms with Crippen LogP contribution in [0.3, 0.4) is 0 Å². The number of hydrogen-bond donors (Lipinski definition) is 0. The molecule has 3 aromatic rings. The monoisotopic (exact) mass is 448 g/mol. The number of ether oxygens (including phenoxy) is 1. The number of hydrogen-bond acceptors (Lipinski definition) is 5. The lowest BCUT2D eigenvalue weighted by molar-refractivity contribution is -0.140. The van der Waals surface area contributed by atoms with Gasteiger partial charge in [0.1, 0.15) is 10.7 Å². The molecule has 0 saturated carbocycles. The number of fused-ring (bicyclic) bond motifs is 1. The molecular weight excluding hydrogens is 428 g/mol. The van der Waals surface area contributed by atoms with Crippen molar-refractivity contribution in [2.75, 3.05) is 7.11 Å². The Hall–Kier alpha value is -1.99. The Morgan fingerprint density at radius 3 is 2.74 bits per heavy atom. The maximum atomic E-state index is 13.3. The lowest BCUT2D eigenvalue weighted by Crippen LogP contribution is -2.24. The van der Waals surface area contributed by atoms with E-state index in [9.17, 15) is 9.59 Å². The number of aryl methyl sites for hydroxylation is 3. The summed E-state index contributed by atoms with van der Waals surface area (Å²) in [5.41, 5.74) is 3.01. The largest absolute Gasteiger partial charge is 0.469 e. The second-order valence-corrected chi connectivity index (χ2v) is 8.55. The molecule has 5 nitrogen and oxygen atoms in total. The summed E-state index contributed by atoms with van der Waals surface area (Å²) < 4.78 is 7.29. The molecule has 2 heterocycles. The Balaban J connectivity index is 2.15. The second-order valence-electron chi connectivity index (χ2n) is 6.49. The van der Waals surface area contributed by atoms with Gasteiger partial charge in [0, 0.05) is 27.9 Å². The Morgan fingerprint density at radius 1 is 1.30 bits per heavy atom. The standard InChI is InChI=1S/C20H21BrN2O3S/c1-11-7-8-15(21)14(10-11)17-12(2)27-19-18(17)20(25)23(13(3)22-19)9-5-6-16(24)26-4/h7-8,10H,5-6,9H2,1-4H3. The summed E-state index contributed by atoms with van der Waals surface area (Å²) in [6, 6.07) is 6.12. The quantitative estimate of drug-likeness (QED) is 0.527. The first kappa shape index (κ1) is 19.8. The molecular formula is C20H21BrN2O3S. The molecule has 0 radical (unpaired) electrons. The highest BCUT2D eigenvalue weighted by Crippen LogP contribution is 2.39. The number of methoxy groups -OCH3 is 1. The Labute approximate surface area is 170 Å². The van der Waals surface area contributed by atoms with E-state index in [0.717, 1.165) is 30.9 Å². The van der Waals surface area contributed by atoms with Crippen molar-refractivity contribution in [3.8, 4) is 11.1 Å². The summed E-state index contributed by atoms with van der Waals surface area (Å²) in [5, 5.41) is 0.646. The van der Waals surface area contributed by atoms with E-state index in [-0.39, 0.29) is 17.9 Å². The molecule has 1 aromatic carbocycles. The van der Waals surface area contributed by atoms with Gasteiger partial charge in [-0.15, -0.1) is 11.3 Å². The minimum Gasteiger partial charge on any atom is -0.469 e. The van der Waals surface area contributed by atoms with Crippen LogP contribution in [-0.2, 0) is 16.1 Å². The molecule has 3 rings (SSSR count). The fraction of sp³-hybridized carbons (Fsp3) is 0.350. The minimum atomic E-state index is -0.273. The summed E-state index contributed by atoms with van der Waals surface area (Å²) in [6.07, 6.45) is 0.812. The molecule has 0 aliphatic carbocycles. The number of aromatic nitrogens is 2. The number of rotatable bonds is 5. The van der Waals surface area contributed by atoms with E-state index in [1.165, 1.54) is 18.4 Å². The molecule has 0 fully saturated rings. The first-order valence-corrected chi connectivity index (χ1v) is 10.3. The zero-order chi connectivity index (χ0) is 19.7. The molecule has 0 unspecified atom stereocenters. The van der Waals surface area contributed by atoms with Crippen LogP contribution >= 0.6 is 27.3 Å². The zero-order valence-corrected chi connectivity index (χ0v) is 18.2. The first-order chi connectivity index (χ1) is 12.8. The molecule has 0 amide bonds. The van der Waals surface area contributed by atoms with Gasteiger partial charge in [-0.1, -0.05) is 33.6 Å². The van der Waals surface area contributed by atoms with Crippen molar-refractivity contribution in [1.82, 2.24) is 9.55 Å². The van der Waals surface area contributed by atoms with Gasteiger partial charge in [0.15, 0.2) is 0 Å². The summed E-state index contributed by atoms with van der Waals surface area (Å²) in [5.74, 6) is 0.388. The van der Waals surface area contributed by atoms with Crippen LogP contribution in [0.25, 0.3) is 21.3 Å². The molecule has 2 aromatic heterocycles. The Morgan fingerprint density at radius 2 is 2.04 bits per heavy atom. The van der Waals surface area contributed by atoms with Gasteiger partial charge in [0.05, 0.1) is 12.5 Å². The molecule has 0 N–H and O–H groups in total. The van der Waals surface area contributed by atoms with Crippen molar-refractivity contribution >= 4 is 43.5 Å². The van der Waals surface area contributed by atoms with Gasteiger partial charge in [-0.25, -0.2) is 4.98 Å². The number of benzene rings is 1. The van der Waals surface area contributed by atoms with E-state index >= 15 is 0 Å². The van der Waals surface area contributed by atoms with E-state index in [0.29, 0.717) is 24.2 Å². The van der Waals surface area contributed by atoms with Crippen molar-refractivity contribution in [2.24, 2.45) is 0 Å². The van der Waals surface area contributed by atoms with Crippen LogP contribution in [0.2, 0.25) is 0 Å². The van der Waals surface area contributed by atoms with Crippen molar-refractivity contribution in [3.05, 3.63) is 49.3 Å². The molecule has 0 atom stereocenters. The molecule has 0 saturated heterocycles. The second kappa shape index (κ2) is 7.94. The van der Waals surface area contributed by atoms with Crippen LogP contribution < -0.4 is 5.56 Å². The molecule has 0 aliphatic rings. The predicted octanol–water partition coefficient (Wildman–Crippen LogP) is 4.77. The highest BCUT2D eigenvalue weighted by Gasteiger charge is 2.20. The summed E-state index contributed by atoms with van der Waals surface area (Å²) >= 11 is 5.16. The van der Waals surface area contributed by atoms with Crippen molar-refractivity contribution in [1.29, 1.82) is 0 Å². The first-order valence-electron chi connectivity index (χ1n) is 8.67. The third-order valence-corrected chi connectivity index (χ3v) is 6.25. The van der Waals surface area contributed by atoms with E-state index in [4.69, 9.17) is 0 Å². The van der Waals surface area contributed by atoms with E-state index in [1.54, 1.807) is 4.57 Å². The van der Waals surface area contributed by atoms with E-state index < -0.39 is 0 Å². The maximum absolute atomic E-state index is 13.3. The van der Waals surface area contributed by atoms with Gasteiger partial charge in [0.2, 0.25) is 0 Å². The van der Waals surface area contributed by atoms with Crippen molar-refractivity contribution in [2.45, 2.75) is 40.2 Å². The number of carbonyl (C=O) groups is 1. The third kappa shape index (κ3) is 3.84. The van der Waals surface area contributed by atoms with Crippen LogP contribution in [0, 0.1) is 20.8 Å². The predicted molar refractivity (Wildman–Crippen MR) is 112 cm³/mol. The molecule has 27 heavy (non-hydrogen) atoms. The van der Waals surface area contributed by atoms with Crippen LogP contribution in [0.1, 0.15) is 29.1 Å². The SMILES string of the molecule is COC(=O)CCCn1c(C)nc2sc(C)c(-c3cc(C)ccc3Br)c2c1=O. The number of thiophene rings is 1. The van der Waals surface area contributed by atoms with Crippen molar-refractivity contribution < 1.29 is 9.53 Å². The van der Waals surface area contributed by atoms with Crippen LogP contribution in [0.4, 0.5) is 0 Å². The molecule has 0 bridgehead atoms. The van der Waals surface area contributed by atoms with Gasteiger partial charge >= 0.3 is 5.97 Å². The van der Waals surface area contributed by atoms with Gasteiger partial charge < -0.3 is 4.74 Å². The fourth-order valence-corrected chi connectivity index (χ4v) is 4.72. The van der Waals surface area contributed by atoms with E-state index in [1.807, 2.05) is 32.9 Å². The highest BCUT2D eigenvalue weighted by atomic mass is 79.9. The normalized spacial score (nSPS) is 11.1. The number of nitrogens with zero attached hydrogens (tertiary/aromatic N) is 2. The van der Waals surface area contributed by atoms with Gasteiger partial charge in [-0.05, 0) is 38.8 Å². The molecule has 7 heteroatoms. The van der Waals surface area contributed by atoms with Crippen LogP contribution in [-0.4, -0.2) is 22.6 Å². The number of halogens is 1. The summed E-state index contributed by atoms with van der Waals surface area (Å²) in [6.45, 7) is 6.32. The van der Waals surface area contributed by atoms with Crippen molar-refractivity contribution in [3.63, 3.8) is 0 Å². The molecule has 0 spiro atoms. The summed E-state index contributed by atoms with van der Waals surface area (Å²) in [7, 11) is 1.37. The van der Waals surface area contributed by atoms with Crippen LogP contribution in [0.15, 0.2) is 27.5 Å². The lowest BCUT2D eigenvalue weighted by Gasteiger charge is -2.11. The number of esters is 1. The number of carbonyl (C=O) groups excluding carboxylic acids is 1. The molecule has 0 aliphatic heterocycles. The zero-order valence-electron chi connectivity index (χ0n) is 15.8. The summed E-state index contributed by atoms with van der Waals surface area (Å²) in [4.78, 5) is 31.1. The lowest BCUT2D eigenvalue weighted by atomic mass is 10.0. The van der Waals surface area contributed by atoms with Gasteiger partial charge in [0.25, 0.3) is 5.56 Å². The minimum absolute atomic E-state index is 0.0601. The Bertz CT molecular complexity index is 1090. The van der Waals surface area contributed by atoms with E-state index in [2.05, 4.69) is 31.7 Å². The highest BCUT2D eigenvalue weighted by molar-refractivity contribution is 9.10. The fourth-order valence-electron chi connectivity index (χ4n) is 3.20. The third-order valence-electron chi connectivity index (χ3n) is 4.56. The maximum Gasteiger partial charge on any atom is 0.305 e. The van der Waals surface area contributed by atoms with Crippen LogP contribution in [0.5, 0.6) is 0 Å².